The van der Waals surface area contributed by atoms with E-state index in [4.69, 9.17) is 5.73 Å². The second-order valence-corrected chi connectivity index (χ2v) is 8.11. The summed E-state index contributed by atoms with van der Waals surface area (Å²) < 4.78 is 27.0. The number of nitrogens with zero attached hydrogens (tertiary/aromatic N) is 1. The van der Waals surface area contributed by atoms with Crippen LogP contribution in [0.5, 0.6) is 0 Å². The van der Waals surface area contributed by atoms with Crippen molar-refractivity contribution < 1.29 is 8.42 Å². The van der Waals surface area contributed by atoms with Crippen LogP contribution in [0.15, 0.2) is 40.0 Å². The maximum Gasteiger partial charge on any atom is 0.248 e. The predicted octanol–water partition coefficient (Wildman–Crippen LogP) is 0.887. The lowest BCUT2D eigenvalue weighted by Crippen LogP contribution is -2.34. The number of hydrogen-bond acceptors (Lipinski definition) is 4. The largest absolute Gasteiger partial charge is 0.330 e. The number of fused-ring (bicyclic) bond motifs is 1. The minimum absolute atomic E-state index is 0.158. The number of pyridine rings is 1. The summed E-state index contributed by atoms with van der Waals surface area (Å²) in [5.41, 5.74) is 6.01. The Labute approximate surface area is 129 Å². The lowest BCUT2D eigenvalue weighted by Gasteiger charge is -2.22. The first-order valence-electron chi connectivity index (χ1n) is 7.17. The van der Waals surface area contributed by atoms with Gasteiger partial charge in [-0.1, -0.05) is 6.92 Å². The summed E-state index contributed by atoms with van der Waals surface area (Å²) in [5.74, 6) is 0. The van der Waals surface area contributed by atoms with Gasteiger partial charge >= 0.3 is 0 Å². The molecule has 0 bridgehead atoms. The topological polar surface area (TPSA) is 96.3 Å². The maximum atomic E-state index is 12.8. The molecule has 6 nitrogen and oxygen atoms in total. The Morgan fingerprint density at radius 1 is 1.32 bits per heavy atom. The van der Waals surface area contributed by atoms with Gasteiger partial charge < -0.3 is 10.7 Å². The van der Waals surface area contributed by atoms with Crippen LogP contribution in [0.2, 0.25) is 0 Å². The molecule has 22 heavy (non-hydrogen) atoms. The van der Waals surface area contributed by atoms with E-state index in [0.717, 1.165) is 6.42 Å². The van der Waals surface area contributed by atoms with Gasteiger partial charge in [0.1, 0.15) is 0 Å². The molecule has 3 rings (SSSR count). The fourth-order valence-electron chi connectivity index (χ4n) is 2.79. The summed E-state index contributed by atoms with van der Waals surface area (Å²) in [6.07, 6.45) is 0.767. The average Bonchev–Trinajstić information content (AvgIpc) is 2.90. The zero-order valence-corrected chi connectivity index (χ0v) is 13.2. The molecule has 0 spiro atoms. The van der Waals surface area contributed by atoms with E-state index in [1.54, 1.807) is 18.2 Å². The van der Waals surface area contributed by atoms with Crippen LogP contribution in [0.25, 0.3) is 10.9 Å². The number of aromatic amines is 1. The number of aromatic nitrogens is 1. The highest BCUT2D eigenvalue weighted by Gasteiger charge is 2.38. The smallest absolute Gasteiger partial charge is 0.248 e. The van der Waals surface area contributed by atoms with E-state index in [2.05, 4.69) is 4.98 Å². The van der Waals surface area contributed by atoms with E-state index in [1.807, 2.05) is 6.92 Å². The molecule has 1 aromatic heterocycles. The van der Waals surface area contributed by atoms with Crippen molar-refractivity contribution in [3.8, 4) is 0 Å². The predicted molar refractivity (Wildman–Crippen MR) is 85.1 cm³/mol. The quantitative estimate of drug-likeness (QED) is 0.877. The third kappa shape index (κ3) is 2.55. The molecule has 1 aromatic carbocycles. The standard InChI is InChI=1S/C15H19N3O3S/c1-15(9-16)6-7-18(10-15)22(20,21)12-3-4-13-11(8-12)2-5-14(19)17-13/h2-5,8H,6-7,9-10,16H2,1H3,(H,17,19). The molecule has 1 unspecified atom stereocenters. The molecular formula is C15H19N3O3S. The van der Waals surface area contributed by atoms with Crippen LogP contribution in [0.1, 0.15) is 13.3 Å². The van der Waals surface area contributed by atoms with Gasteiger partial charge in [-0.15, -0.1) is 0 Å². The van der Waals surface area contributed by atoms with Crippen LogP contribution in [-0.2, 0) is 10.0 Å². The third-order valence-electron chi connectivity index (χ3n) is 4.35. The molecular weight excluding hydrogens is 302 g/mol. The Morgan fingerprint density at radius 2 is 2.09 bits per heavy atom. The zero-order chi connectivity index (χ0) is 16.0. The first-order chi connectivity index (χ1) is 10.3. The fraction of sp³-hybridized carbons (Fsp3) is 0.400. The van der Waals surface area contributed by atoms with E-state index < -0.39 is 10.0 Å². The molecule has 1 fully saturated rings. The second kappa shape index (κ2) is 5.19. The Bertz CT molecular complexity index is 875. The number of sulfonamides is 1. The summed E-state index contributed by atoms with van der Waals surface area (Å²) in [4.78, 5) is 14.2. The van der Waals surface area contributed by atoms with Crippen molar-refractivity contribution in [2.75, 3.05) is 19.6 Å². The van der Waals surface area contributed by atoms with E-state index >= 15 is 0 Å². The van der Waals surface area contributed by atoms with E-state index in [0.29, 0.717) is 30.5 Å². The van der Waals surface area contributed by atoms with Gasteiger partial charge in [-0.05, 0) is 48.0 Å². The van der Waals surface area contributed by atoms with Crippen molar-refractivity contribution in [3.63, 3.8) is 0 Å². The lowest BCUT2D eigenvalue weighted by atomic mass is 9.90. The number of rotatable bonds is 3. The minimum Gasteiger partial charge on any atom is -0.330 e. The summed E-state index contributed by atoms with van der Waals surface area (Å²) in [5, 5.41) is 0.696. The lowest BCUT2D eigenvalue weighted by molar-refractivity contribution is 0.349. The molecule has 0 saturated carbocycles. The molecule has 1 aliphatic heterocycles. The summed E-state index contributed by atoms with van der Waals surface area (Å²) in [7, 11) is -3.54. The maximum absolute atomic E-state index is 12.8. The van der Waals surface area contributed by atoms with Crippen molar-refractivity contribution in [2.45, 2.75) is 18.2 Å². The monoisotopic (exact) mass is 321 g/mol. The Hall–Kier alpha value is -1.70. The van der Waals surface area contributed by atoms with Gasteiger partial charge in [-0.3, -0.25) is 4.79 Å². The van der Waals surface area contributed by atoms with Gasteiger partial charge in [-0.2, -0.15) is 4.31 Å². The van der Waals surface area contributed by atoms with Crippen molar-refractivity contribution in [1.82, 2.24) is 9.29 Å². The molecule has 118 valence electrons. The minimum atomic E-state index is -3.54. The van der Waals surface area contributed by atoms with Crippen LogP contribution < -0.4 is 11.3 Å². The van der Waals surface area contributed by atoms with Crippen molar-refractivity contribution in [2.24, 2.45) is 11.1 Å². The second-order valence-electron chi connectivity index (χ2n) is 6.18. The van der Waals surface area contributed by atoms with Gasteiger partial charge in [-0.25, -0.2) is 8.42 Å². The molecule has 1 saturated heterocycles. The average molecular weight is 321 g/mol. The van der Waals surface area contributed by atoms with Gasteiger partial charge in [0.25, 0.3) is 0 Å². The molecule has 2 aromatic rings. The van der Waals surface area contributed by atoms with E-state index in [-0.39, 0.29) is 15.9 Å². The van der Waals surface area contributed by atoms with Crippen molar-refractivity contribution in [1.29, 1.82) is 0 Å². The van der Waals surface area contributed by atoms with Gasteiger partial charge in [0.05, 0.1) is 4.90 Å². The molecule has 0 amide bonds. The first kappa shape index (κ1) is 15.2. The van der Waals surface area contributed by atoms with Crippen molar-refractivity contribution >= 4 is 20.9 Å². The Balaban J connectivity index is 1.99. The zero-order valence-electron chi connectivity index (χ0n) is 12.4. The van der Waals surface area contributed by atoms with Gasteiger partial charge in [0, 0.05) is 24.7 Å². The Morgan fingerprint density at radius 3 is 2.77 bits per heavy atom. The number of nitrogens with one attached hydrogen (secondary N) is 1. The van der Waals surface area contributed by atoms with Crippen LogP contribution in [0.3, 0.4) is 0 Å². The van der Waals surface area contributed by atoms with Crippen LogP contribution in [0.4, 0.5) is 0 Å². The van der Waals surface area contributed by atoms with Gasteiger partial charge in [0.2, 0.25) is 15.6 Å². The van der Waals surface area contributed by atoms with E-state index in [9.17, 15) is 13.2 Å². The molecule has 3 N–H and O–H groups in total. The molecule has 7 heteroatoms. The molecule has 2 heterocycles. The van der Waals surface area contributed by atoms with Crippen molar-refractivity contribution in [3.05, 3.63) is 40.7 Å². The Kier molecular flexibility index (Phi) is 3.58. The van der Waals surface area contributed by atoms with E-state index in [1.165, 1.54) is 16.4 Å². The molecule has 1 atom stereocenters. The SMILES string of the molecule is CC1(CN)CCN(S(=O)(=O)c2ccc3[nH]c(=O)ccc3c2)C1. The normalized spacial score (nSPS) is 23.2. The summed E-state index contributed by atoms with van der Waals surface area (Å²) in [6, 6.07) is 7.77. The molecule has 0 radical (unpaired) electrons. The number of hydrogen-bond donors (Lipinski definition) is 2. The van der Waals surface area contributed by atoms with Gasteiger partial charge in [0.15, 0.2) is 0 Å². The highest BCUT2D eigenvalue weighted by Crippen LogP contribution is 2.32. The number of benzene rings is 1. The number of H-pyrrole nitrogens is 1. The molecule has 0 aliphatic carbocycles. The highest BCUT2D eigenvalue weighted by atomic mass is 32.2. The number of nitrogens with two attached hydrogens (primary N) is 1. The summed E-state index contributed by atoms with van der Waals surface area (Å²) in [6.45, 7) is 3.40. The molecule has 1 aliphatic rings. The fourth-order valence-corrected chi connectivity index (χ4v) is 4.42. The van der Waals surface area contributed by atoms with Crippen LogP contribution >= 0.6 is 0 Å². The highest BCUT2D eigenvalue weighted by molar-refractivity contribution is 7.89. The first-order valence-corrected chi connectivity index (χ1v) is 8.61. The van der Waals surface area contributed by atoms with Crippen LogP contribution in [0, 0.1) is 5.41 Å². The summed E-state index contributed by atoms with van der Waals surface area (Å²) >= 11 is 0. The third-order valence-corrected chi connectivity index (χ3v) is 6.19. The van der Waals surface area contributed by atoms with Crippen LogP contribution in [-0.4, -0.2) is 37.3 Å².